The van der Waals surface area contributed by atoms with Gasteiger partial charge in [0.05, 0.1) is 12.2 Å². The van der Waals surface area contributed by atoms with Crippen molar-refractivity contribution in [3.8, 4) is 11.5 Å². The molecule has 28 heavy (non-hydrogen) atoms. The molecule has 0 saturated carbocycles. The van der Waals surface area contributed by atoms with Crippen LogP contribution in [-0.2, 0) is 4.79 Å². The highest BCUT2D eigenvalue weighted by molar-refractivity contribution is 5.99. The van der Waals surface area contributed by atoms with E-state index in [1.165, 1.54) is 12.1 Å². The van der Waals surface area contributed by atoms with Gasteiger partial charge in [-0.25, -0.2) is 13.2 Å². The van der Waals surface area contributed by atoms with Gasteiger partial charge in [-0.2, -0.15) is 4.98 Å². The Kier molecular flexibility index (Phi) is 5.39. The van der Waals surface area contributed by atoms with Crippen LogP contribution in [0.1, 0.15) is 16.2 Å². The van der Waals surface area contributed by atoms with Gasteiger partial charge in [0, 0.05) is 11.1 Å². The second-order valence-corrected chi connectivity index (χ2v) is 5.68. The van der Waals surface area contributed by atoms with E-state index in [0.29, 0.717) is 23.3 Å². The number of carbonyl (C=O) groups excluding carboxylic acids is 2. The molecule has 0 aliphatic carbocycles. The molecule has 0 aliphatic heterocycles. The highest BCUT2D eigenvalue weighted by atomic mass is 19.2. The number of rotatable bonds is 5. The van der Waals surface area contributed by atoms with Crippen LogP contribution in [0.15, 0.2) is 40.9 Å². The molecule has 0 saturated heterocycles. The van der Waals surface area contributed by atoms with E-state index in [2.05, 4.69) is 20.8 Å². The maximum atomic E-state index is 13.5. The van der Waals surface area contributed by atoms with Crippen molar-refractivity contribution in [3.63, 3.8) is 0 Å². The summed E-state index contributed by atoms with van der Waals surface area (Å²) in [5.41, 5.74) is 0.341. The van der Waals surface area contributed by atoms with Gasteiger partial charge < -0.3 is 15.2 Å². The molecular weight excluding hydrogens is 377 g/mol. The Hall–Kier alpha value is -3.69. The number of halogens is 3. The van der Waals surface area contributed by atoms with Gasteiger partial charge in [0.1, 0.15) is 0 Å². The summed E-state index contributed by atoms with van der Waals surface area (Å²) >= 11 is 0. The maximum absolute atomic E-state index is 13.5. The third-order valence-corrected chi connectivity index (χ3v) is 3.64. The van der Waals surface area contributed by atoms with Crippen molar-refractivity contribution >= 4 is 17.5 Å². The van der Waals surface area contributed by atoms with Gasteiger partial charge in [-0.1, -0.05) is 5.16 Å². The van der Waals surface area contributed by atoms with E-state index < -0.39 is 41.5 Å². The lowest BCUT2D eigenvalue weighted by Gasteiger charge is -2.08. The molecule has 1 heterocycles. The summed E-state index contributed by atoms with van der Waals surface area (Å²) < 4.78 is 44.6. The summed E-state index contributed by atoms with van der Waals surface area (Å²) in [6.45, 7) is 1.17. The topological polar surface area (TPSA) is 97.1 Å². The predicted octanol–water partition coefficient (Wildman–Crippen LogP) is 2.83. The average molecular weight is 390 g/mol. The Labute approximate surface area is 156 Å². The monoisotopic (exact) mass is 390 g/mol. The average Bonchev–Trinajstić information content (AvgIpc) is 3.13. The summed E-state index contributed by atoms with van der Waals surface area (Å²) in [6.07, 6.45) is 0. The molecule has 1 aromatic heterocycles. The van der Waals surface area contributed by atoms with E-state index in [9.17, 15) is 22.8 Å². The zero-order valence-corrected chi connectivity index (χ0v) is 14.4. The number of nitrogens with one attached hydrogen (secondary N) is 2. The zero-order chi connectivity index (χ0) is 20.3. The van der Waals surface area contributed by atoms with Crippen LogP contribution >= 0.6 is 0 Å². The number of benzene rings is 2. The molecule has 0 spiro atoms. The Morgan fingerprint density at radius 2 is 1.75 bits per heavy atom. The number of hydrogen-bond donors (Lipinski definition) is 2. The first-order chi connectivity index (χ1) is 13.3. The van der Waals surface area contributed by atoms with Crippen molar-refractivity contribution in [1.29, 1.82) is 0 Å². The number of aromatic nitrogens is 2. The van der Waals surface area contributed by atoms with E-state index in [0.717, 1.165) is 6.07 Å². The van der Waals surface area contributed by atoms with Crippen LogP contribution in [0.4, 0.5) is 18.9 Å². The van der Waals surface area contributed by atoms with Gasteiger partial charge >= 0.3 is 0 Å². The van der Waals surface area contributed by atoms with E-state index in [1.54, 1.807) is 19.1 Å². The molecule has 0 radical (unpaired) electrons. The highest BCUT2D eigenvalue weighted by Gasteiger charge is 2.16. The minimum absolute atomic E-state index is 0.256. The van der Waals surface area contributed by atoms with Crippen molar-refractivity contribution in [3.05, 3.63) is 65.2 Å². The van der Waals surface area contributed by atoms with Crippen LogP contribution in [0.25, 0.3) is 11.5 Å². The van der Waals surface area contributed by atoms with Gasteiger partial charge in [-0.15, -0.1) is 0 Å². The van der Waals surface area contributed by atoms with Gasteiger partial charge in [-0.3, -0.25) is 9.59 Å². The number of anilines is 1. The van der Waals surface area contributed by atoms with Gasteiger partial charge in [0.2, 0.25) is 5.91 Å². The van der Waals surface area contributed by atoms with Crippen LogP contribution < -0.4 is 10.6 Å². The minimum atomic E-state index is -1.70. The molecular formula is C18H13F3N4O3. The van der Waals surface area contributed by atoms with Crippen molar-refractivity contribution in [2.45, 2.75) is 6.92 Å². The Morgan fingerprint density at radius 1 is 1.04 bits per heavy atom. The number of carbonyl (C=O) groups is 2. The maximum Gasteiger partial charge on any atom is 0.257 e. The number of hydrogen-bond acceptors (Lipinski definition) is 5. The summed E-state index contributed by atoms with van der Waals surface area (Å²) in [7, 11) is 0. The van der Waals surface area contributed by atoms with E-state index >= 15 is 0 Å². The Morgan fingerprint density at radius 3 is 2.39 bits per heavy atom. The first-order valence-corrected chi connectivity index (χ1v) is 7.97. The molecule has 7 nitrogen and oxygen atoms in total. The molecule has 0 bridgehead atoms. The van der Waals surface area contributed by atoms with E-state index in [1.807, 2.05) is 0 Å². The summed E-state index contributed by atoms with van der Waals surface area (Å²) in [6, 6.07) is 7.75. The zero-order valence-electron chi connectivity index (χ0n) is 14.4. The number of aryl methyl sites for hydroxylation is 1. The molecule has 10 heteroatoms. The fourth-order valence-corrected chi connectivity index (χ4v) is 2.26. The van der Waals surface area contributed by atoms with Crippen LogP contribution in [0.2, 0.25) is 0 Å². The summed E-state index contributed by atoms with van der Waals surface area (Å²) in [5.74, 6) is -5.18. The third kappa shape index (κ3) is 4.17. The third-order valence-electron chi connectivity index (χ3n) is 3.64. The molecule has 2 N–H and O–H groups in total. The summed E-state index contributed by atoms with van der Waals surface area (Å²) in [4.78, 5) is 28.0. The normalized spacial score (nSPS) is 10.6. The molecule has 3 rings (SSSR count). The van der Waals surface area contributed by atoms with Gasteiger partial charge in [0.25, 0.3) is 11.8 Å². The van der Waals surface area contributed by atoms with E-state index in [4.69, 9.17) is 4.52 Å². The molecule has 0 unspecified atom stereocenters. The van der Waals surface area contributed by atoms with Crippen LogP contribution in [0.3, 0.4) is 0 Å². The van der Waals surface area contributed by atoms with Crippen molar-refractivity contribution in [2.24, 2.45) is 0 Å². The first kappa shape index (κ1) is 19.1. The minimum Gasteiger partial charge on any atom is -0.343 e. The second-order valence-electron chi connectivity index (χ2n) is 5.68. The smallest absolute Gasteiger partial charge is 0.257 e. The predicted molar refractivity (Wildman–Crippen MR) is 91.7 cm³/mol. The van der Waals surface area contributed by atoms with Crippen LogP contribution in [-0.4, -0.2) is 28.5 Å². The molecule has 2 aromatic carbocycles. The van der Waals surface area contributed by atoms with Gasteiger partial charge in [0.15, 0.2) is 23.3 Å². The fraction of sp³-hybridized carbons (Fsp3) is 0.111. The largest absolute Gasteiger partial charge is 0.343 e. The Balaban J connectivity index is 1.58. The lowest BCUT2D eigenvalue weighted by Crippen LogP contribution is -2.33. The first-order valence-electron chi connectivity index (χ1n) is 7.97. The SMILES string of the molecule is Cc1noc(-c2ccc(C(=O)NCC(=O)Nc3ccc(F)c(F)c3F)cc2)n1. The number of amides is 2. The second kappa shape index (κ2) is 7.91. The van der Waals surface area contributed by atoms with Gasteiger partial charge in [-0.05, 0) is 43.3 Å². The van der Waals surface area contributed by atoms with Crippen molar-refractivity contribution in [1.82, 2.24) is 15.5 Å². The lowest BCUT2D eigenvalue weighted by atomic mass is 10.1. The molecule has 0 aliphatic rings. The lowest BCUT2D eigenvalue weighted by molar-refractivity contribution is -0.115. The van der Waals surface area contributed by atoms with E-state index in [-0.39, 0.29) is 5.56 Å². The number of nitrogens with zero attached hydrogens (tertiary/aromatic N) is 2. The summed E-state index contributed by atoms with van der Waals surface area (Å²) in [5, 5.41) is 8.06. The quantitative estimate of drug-likeness (QED) is 0.653. The standard InChI is InChI=1S/C18H13F3N4O3/c1-9-23-18(28-25-9)11-4-2-10(3-5-11)17(27)22-8-14(26)24-13-7-6-12(19)15(20)16(13)21/h2-7H,8H2,1H3,(H,22,27)(H,24,26). The highest BCUT2D eigenvalue weighted by Crippen LogP contribution is 2.19. The molecule has 2 amide bonds. The van der Waals surface area contributed by atoms with Crippen molar-refractivity contribution in [2.75, 3.05) is 11.9 Å². The Bertz CT molecular complexity index is 1040. The van der Waals surface area contributed by atoms with Crippen LogP contribution in [0, 0.1) is 24.4 Å². The molecule has 0 fully saturated rings. The molecule has 0 atom stereocenters. The van der Waals surface area contributed by atoms with Crippen LogP contribution in [0.5, 0.6) is 0 Å². The fourth-order valence-electron chi connectivity index (χ4n) is 2.26. The molecule has 144 valence electrons. The van der Waals surface area contributed by atoms with Crippen molar-refractivity contribution < 1.29 is 27.3 Å². The molecule has 3 aromatic rings.